The molecular weight excluding hydrogens is 598 g/mol. The number of aliphatic hydroxyl groups excluding tert-OH is 1. The fourth-order valence-corrected chi connectivity index (χ4v) is 7.16. The molecule has 6 rings (SSSR count). The Morgan fingerprint density at radius 3 is 2.35 bits per heavy atom. The van der Waals surface area contributed by atoms with Crippen LogP contribution < -0.4 is 24.7 Å². The van der Waals surface area contributed by atoms with Gasteiger partial charge in [0, 0.05) is 25.2 Å². The minimum atomic E-state index is -2.20. The third kappa shape index (κ3) is 4.88. The largest absolute Gasteiger partial charge is 0.497 e. The number of esters is 1. The second kappa shape index (κ2) is 12.7. The molecule has 3 aliphatic rings. The van der Waals surface area contributed by atoms with Gasteiger partial charge in [0.05, 0.1) is 45.5 Å². The van der Waals surface area contributed by atoms with Crippen molar-refractivity contribution in [1.82, 2.24) is 0 Å². The summed E-state index contributed by atoms with van der Waals surface area (Å²) < 4.78 is 46.9. The van der Waals surface area contributed by atoms with Crippen LogP contribution in [0.1, 0.15) is 29.0 Å². The van der Waals surface area contributed by atoms with E-state index in [0.29, 0.717) is 36.4 Å². The molecule has 12 nitrogen and oxygen atoms in total. The van der Waals surface area contributed by atoms with Crippen molar-refractivity contribution in [2.24, 2.45) is 11.7 Å². The van der Waals surface area contributed by atoms with Crippen LogP contribution in [0, 0.1) is 5.92 Å². The number of hydrogen-bond donors (Lipinski definition) is 3. The van der Waals surface area contributed by atoms with Crippen molar-refractivity contribution in [3.63, 3.8) is 0 Å². The summed E-state index contributed by atoms with van der Waals surface area (Å²) in [6, 6.07) is 19.2. The Morgan fingerprint density at radius 2 is 1.72 bits per heavy atom. The smallest absolute Gasteiger partial charge is 0.312 e. The highest BCUT2D eigenvalue weighted by atomic mass is 16.8. The van der Waals surface area contributed by atoms with Gasteiger partial charge in [0.2, 0.25) is 6.29 Å². The summed E-state index contributed by atoms with van der Waals surface area (Å²) in [6.45, 7) is 0.701. The molecule has 0 aromatic heterocycles. The number of carbonyl (C=O) groups is 1. The van der Waals surface area contributed by atoms with E-state index in [2.05, 4.69) is 0 Å². The van der Waals surface area contributed by atoms with Crippen LogP contribution in [-0.2, 0) is 34.9 Å². The summed E-state index contributed by atoms with van der Waals surface area (Å²) in [6.07, 6.45) is -3.20. The predicted octanol–water partition coefficient (Wildman–Crippen LogP) is 2.57. The van der Waals surface area contributed by atoms with Crippen LogP contribution in [-0.4, -0.2) is 82.6 Å². The number of carbonyl (C=O) groups excluding carboxylic acids is 1. The highest BCUT2D eigenvalue weighted by Crippen LogP contribution is 2.70. The zero-order valence-electron chi connectivity index (χ0n) is 26.1. The lowest BCUT2D eigenvalue weighted by Crippen LogP contribution is -2.52. The maximum absolute atomic E-state index is 13.5. The first-order valence-electron chi connectivity index (χ1n) is 15.0. The highest BCUT2D eigenvalue weighted by Gasteiger charge is 2.78. The van der Waals surface area contributed by atoms with Gasteiger partial charge in [0.15, 0.2) is 11.2 Å². The van der Waals surface area contributed by atoms with Gasteiger partial charge >= 0.3 is 5.97 Å². The first-order chi connectivity index (χ1) is 22.3. The van der Waals surface area contributed by atoms with Crippen molar-refractivity contribution in [2.45, 2.75) is 48.3 Å². The SMILES string of the molecule is COC(=O)[C@H]1[C@@H](c2ccccc2)[C@@]2(c3ccc(OC)cc3)Oc3cc(O[C@@H]4O[C@@H](CCN)CO[C@H]4OC)cc(OC)c3[C@]2(O)[C@H]1O. The molecule has 0 spiro atoms. The van der Waals surface area contributed by atoms with E-state index in [4.69, 9.17) is 43.6 Å². The number of benzene rings is 3. The molecular formula is C34H39NO11. The molecule has 0 radical (unpaired) electrons. The third-order valence-corrected chi connectivity index (χ3v) is 9.16. The molecule has 1 saturated heterocycles. The van der Waals surface area contributed by atoms with Crippen LogP contribution in [0.4, 0.5) is 0 Å². The normalized spacial score (nSPS) is 31.4. The molecule has 3 aromatic carbocycles. The first kappa shape index (κ1) is 32.0. The Balaban J connectivity index is 1.53. The topological polar surface area (TPSA) is 157 Å². The van der Waals surface area contributed by atoms with Crippen LogP contribution in [0.15, 0.2) is 66.7 Å². The van der Waals surface area contributed by atoms with Gasteiger partial charge in [-0.1, -0.05) is 42.5 Å². The molecule has 0 bridgehead atoms. The fourth-order valence-electron chi connectivity index (χ4n) is 7.16. The number of hydrogen-bond acceptors (Lipinski definition) is 12. The molecule has 46 heavy (non-hydrogen) atoms. The lowest BCUT2D eigenvalue weighted by molar-refractivity contribution is -0.312. The molecule has 4 N–H and O–H groups in total. The Hall–Kier alpha value is -3.91. The summed E-state index contributed by atoms with van der Waals surface area (Å²) in [5.41, 5.74) is 3.09. The van der Waals surface area contributed by atoms with Gasteiger partial charge in [-0.2, -0.15) is 0 Å². The molecule has 3 aromatic rings. The van der Waals surface area contributed by atoms with Gasteiger partial charge in [-0.25, -0.2) is 0 Å². The van der Waals surface area contributed by atoms with Crippen LogP contribution >= 0.6 is 0 Å². The minimum absolute atomic E-state index is 0.156. The van der Waals surface area contributed by atoms with Crippen LogP contribution in [0.5, 0.6) is 23.0 Å². The Morgan fingerprint density at radius 1 is 0.978 bits per heavy atom. The van der Waals surface area contributed by atoms with Crippen molar-refractivity contribution in [1.29, 1.82) is 0 Å². The van der Waals surface area contributed by atoms with E-state index in [1.807, 2.05) is 30.3 Å². The summed E-state index contributed by atoms with van der Waals surface area (Å²) in [7, 11) is 5.71. The lowest BCUT2D eigenvalue weighted by Gasteiger charge is -2.40. The molecule has 12 heteroatoms. The van der Waals surface area contributed by atoms with E-state index in [9.17, 15) is 15.0 Å². The van der Waals surface area contributed by atoms with Crippen molar-refractivity contribution in [3.05, 3.63) is 83.4 Å². The molecule has 1 aliphatic carbocycles. The summed E-state index contributed by atoms with van der Waals surface area (Å²) in [5.74, 6) is -1.66. The molecule has 2 fully saturated rings. The number of fused-ring (bicyclic) bond motifs is 3. The second-order valence-electron chi connectivity index (χ2n) is 11.5. The summed E-state index contributed by atoms with van der Waals surface area (Å²) >= 11 is 0. The minimum Gasteiger partial charge on any atom is -0.497 e. The highest BCUT2D eigenvalue weighted by molar-refractivity contribution is 5.78. The maximum atomic E-state index is 13.5. The first-order valence-corrected chi connectivity index (χ1v) is 15.0. The van der Waals surface area contributed by atoms with Crippen molar-refractivity contribution < 1.29 is 52.9 Å². The Kier molecular flexibility index (Phi) is 8.85. The zero-order valence-corrected chi connectivity index (χ0v) is 26.1. The molecule has 0 unspecified atom stereocenters. The van der Waals surface area contributed by atoms with Crippen molar-refractivity contribution in [2.75, 3.05) is 41.6 Å². The number of methoxy groups -OCH3 is 4. The maximum Gasteiger partial charge on any atom is 0.312 e. The van der Waals surface area contributed by atoms with E-state index in [-0.39, 0.29) is 28.9 Å². The van der Waals surface area contributed by atoms with E-state index in [1.54, 1.807) is 43.5 Å². The number of nitrogens with two attached hydrogens (primary N) is 1. The van der Waals surface area contributed by atoms with Gasteiger partial charge in [-0.15, -0.1) is 0 Å². The van der Waals surface area contributed by atoms with Gasteiger partial charge < -0.3 is 53.8 Å². The van der Waals surface area contributed by atoms with Crippen molar-refractivity contribution in [3.8, 4) is 23.0 Å². The van der Waals surface area contributed by atoms with E-state index in [1.165, 1.54) is 21.3 Å². The Labute approximate surface area is 266 Å². The number of ether oxygens (including phenoxy) is 8. The van der Waals surface area contributed by atoms with Crippen LogP contribution in [0.2, 0.25) is 0 Å². The molecule has 1 saturated carbocycles. The number of aliphatic hydroxyl groups is 2. The van der Waals surface area contributed by atoms with Gasteiger partial charge in [0.1, 0.15) is 29.1 Å². The monoisotopic (exact) mass is 637 g/mol. The average Bonchev–Trinajstić information content (AvgIpc) is 3.46. The van der Waals surface area contributed by atoms with Gasteiger partial charge in [-0.05, 0) is 36.2 Å². The second-order valence-corrected chi connectivity index (χ2v) is 11.5. The molecule has 8 atom stereocenters. The standard InChI is InChI=1S/C34H39NO11/c1-39-21-12-10-20(11-13-21)34-27(19-8-6-5-7-9-19)26(30(37)41-3)29(36)33(34,38)28-24(40-2)16-23(17-25(28)46-34)45-32-31(42-4)43-18-22(44-32)14-15-35/h5-13,16-17,22,26-27,29,31-32,36,38H,14-15,18,35H2,1-4H3/t22-,26-,27+,29-,31+,32-,33-,34+/m0/s1. The zero-order chi connectivity index (χ0) is 32.6. The van der Waals surface area contributed by atoms with Crippen LogP contribution in [0.3, 0.4) is 0 Å². The molecule has 2 heterocycles. The molecule has 0 amide bonds. The average molecular weight is 638 g/mol. The lowest BCUT2D eigenvalue weighted by atomic mass is 9.70. The van der Waals surface area contributed by atoms with Crippen LogP contribution in [0.25, 0.3) is 0 Å². The van der Waals surface area contributed by atoms with Crippen molar-refractivity contribution >= 4 is 5.97 Å². The number of rotatable bonds is 10. The summed E-state index contributed by atoms with van der Waals surface area (Å²) in [4.78, 5) is 13.5. The fraction of sp³-hybridized carbons (Fsp3) is 0.441. The van der Waals surface area contributed by atoms with E-state index < -0.39 is 47.7 Å². The van der Waals surface area contributed by atoms with Gasteiger partial charge in [-0.3, -0.25) is 4.79 Å². The Bertz CT molecular complexity index is 1540. The molecule has 246 valence electrons. The molecule has 2 aliphatic heterocycles. The quantitative estimate of drug-likeness (QED) is 0.280. The van der Waals surface area contributed by atoms with E-state index >= 15 is 0 Å². The predicted molar refractivity (Wildman–Crippen MR) is 163 cm³/mol. The third-order valence-electron chi connectivity index (χ3n) is 9.16. The van der Waals surface area contributed by atoms with Gasteiger partial charge in [0.25, 0.3) is 6.29 Å². The van der Waals surface area contributed by atoms with E-state index in [0.717, 1.165) is 0 Å². The summed E-state index contributed by atoms with van der Waals surface area (Å²) in [5, 5.41) is 25.1.